The van der Waals surface area contributed by atoms with Crippen molar-refractivity contribution in [2.75, 3.05) is 0 Å². The van der Waals surface area contributed by atoms with E-state index in [-0.39, 0.29) is 6.10 Å². The third-order valence-electron chi connectivity index (χ3n) is 4.16. The molecular formula is C24H23NO. The molecule has 0 aliphatic heterocycles. The molecule has 0 saturated carbocycles. The predicted octanol–water partition coefficient (Wildman–Crippen LogP) is 6.19. The normalized spacial score (nSPS) is 12.9. The molecule has 0 aliphatic carbocycles. The number of benzene rings is 3. The van der Waals surface area contributed by atoms with Crippen LogP contribution in [0.1, 0.15) is 35.3 Å². The first-order valence-electron chi connectivity index (χ1n) is 8.78. The van der Waals surface area contributed by atoms with Gasteiger partial charge >= 0.3 is 0 Å². The van der Waals surface area contributed by atoms with E-state index in [1.807, 2.05) is 49.4 Å². The van der Waals surface area contributed by atoms with Crippen molar-refractivity contribution in [2.45, 2.75) is 20.0 Å². The smallest absolute Gasteiger partial charge is 0.171 e. The maximum atomic E-state index is 5.90. The molecule has 0 unspecified atom stereocenters. The highest BCUT2D eigenvalue weighted by molar-refractivity contribution is 5.98. The van der Waals surface area contributed by atoms with E-state index in [9.17, 15) is 0 Å². The van der Waals surface area contributed by atoms with Gasteiger partial charge in [-0.05, 0) is 36.6 Å². The Morgan fingerprint density at radius 1 is 0.846 bits per heavy atom. The molecule has 0 bridgehead atoms. The monoisotopic (exact) mass is 341 g/mol. The van der Waals surface area contributed by atoms with E-state index in [1.54, 1.807) is 0 Å². The largest absolute Gasteiger partial charge is 0.383 e. The third kappa shape index (κ3) is 4.93. The minimum atomic E-state index is -0.239. The topological polar surface area (TPSA) is 21.6 Å². The van der Waals surface area contributed by atoms with E-state index < -0.39 is 0 Å². The maximum Gasteiger partial charge on any atom is 0.171 e. The molecule has 0 aromatic heterocycles. The van der Waals surface area contributed by atoms with Crippen molar-refractivity contribution in [1.82, 2.24) is 0 Å². The van der Waals surface area contributed by atoms with Crippen LogP contribution in [0.3, 0.4) is 0 Å². The molecule has 0 amide bonds. The van der Waals surface area contributed by atoms with Crippen LogP contribution in [-0.2, 0) is 4.84 Å². The number of rotatable bonds is 6. The second-order valence-electron chi connectivity index (χ2n) is 6.25. The van der Waals surface area contributed by atoms with Gasteiger partial charge in [-0.1, -0.05) is 102 Å². The van der Waals surface area contributed by atoms with Crippen LogP contribution in [0.25, 0.3) is 6.08 Å². The van der Waals surface area contributed by atoms with Gasteiger partial charge in [0.05, 0.1) is 5.71 Å². The van der Waals surface area contributed by atoms with Crippen LogP contribution in [0.2, 0.25) is 0 Å². The van der Waals surface area contributed by atoms with E-state index in [0.717, 1.165) is 22.4 Å². The minimum absolute atomic E-state index is 0.239. The van der Waals surface area contributed by atoms with Crippen LogP contribution < -0.4 is 0 Å². The first-order chi connectivity index (χ1) is 12.7. The lowest BCUT2D eigenvalue weighted by atomic mass is 10.1. The van der Waals surface area contributed by atoms with Crippen LogP contribution in [0, 0.1) is 6.92 Å². The van der Waals surface area contributed by atoms with Gasteiger partial charge in [0.1, 0.15) is 0 Å². The van der Waals surface area contributed by atoms with Gasteiger partial charge in [0, 0.05) is 0 Å². The minimum Gasteiger partial charge on any atom is -0.383 e. The highest BCUT2D eigenvalue weighted by Crippen LogP contribution is 2.21. The lowest BCUT2D eigenvalue weighted by molar-refractivity contribution is 0.0934. The van der Waals surface area contributed by atoms with E-state index in [4.69, 9.17) is 4.84 Å². The van der Waals surface area contributed by atoms with E-state index in [2.05, 4.69) is 66.7 Å². The third-order valence-corrected chi connectivity index (χ3v) is 4.16. The van der Waals surface area contributed by atoms with Crippen LogP contribution in [0.4, 0.5) is 0 Å². The van der Waals surface area contributed by atoms with Gasteiger partial charge < -0.3 is 4.84 Å². The quantitative estimate of drug-likeness (QED) is 0.387. The van der Waals surface area contributed by atoms with Gasteiger partial charge in [0.25, 0.3) is 0 Å². The Hall–Kier alpha value is -3.13. The Balaban J connectivity index is 1.80. The maximum absolute atomic E-state index is 5.90. The second kappa shape index (κ2) is 8.82. The zero-order valence-corrected chi connectivity index (χ0v) is 15.2. The van der Waals surface area contributed by atoms with Gasteiger partial charge in [-0.25, -0.2) is 0 Å². The lowest BCUT2D eigenvalue weighted by Crippen LogP contribution is -2.01. The molecular weight excluding hydrogens is 318 g/mol. The molecule has 1 atom stereocenters. The summed E-state index contributed by atoms with van der Waals surface area (Å²) in [6.45, 7) is 4.04. The number of hydrogen-bond acceptors (Lipinski definition) is 2. The van der Waals surface area contributed by atoms with Crippen molar-refractivity contribution < 1.29 is 4.84 Å². The highest BCUT2D eigenvalue weighted by atomic mass is 16.6. The number of aryl methyl sites for hydroxylation is 1. The van der Waals surface area contributed by atoms with Gasteiger partial charge in [0.2, 0.25) is 0 Å². The summed E-state index contributed by atoms with van der Waals surface area (Å²) in [5, 5.41) is 4.38. The van der Waals surface area contributed by atoms with Gasteiger partial charge in [0.15, 0.2) is 6.10 Å². The van der Waals surface area contributed by atoms with Crippen LogP contribution in [-0.4, -0.2) is 5.71 Å². The molecule has 0 spiro atoms. The molecule has 130 valence electrons. The van der Waals surface area contributed by atoms with Crippen molar-refractivity contribution >= 4 is 11.8 Å². The van der Waals surface area contributed by atoms with Crippen LogP contribution >= 0.6 is 0 Å². The molecule has 0 N–H and O–H groups in total. The summed E-state index contributed by atoms with van der Waals surface area (Å²) in [5.41, 5.74) is 5.36. The molecule has 3 aromatic carbocycles. The summed E-state index contributed by atoms with van der Waals surface area (Å²) < 4.78 is 0. The zero-order valence-electron chi connectivity index (χ0n) is 15.2. The highest BCUT2D eigenvalue weighted by Gasteiger charge is 2.09. The van der Waals surface area contributed by atoms with Crippen LogP contribution in [0.5, 0.6) is 0 Å². The van der Waals surface area contributed by atoms with Gasteiger partial charge in [-0.3, -0.25) is 0 Å². The summed E-state index contributed by atoms with van der Waals surface area (Å²) in [7, 11) is 0. The molecule has 0 heterocycles. The van der Waals surface area contributed by atoms with Crippen molar-refractivity contribution in [3.63, 3.8) is 0 Å². The number of hydrogen-bond donors (Lipinski definition) is 0. The first kappa shape index (κ1) is 17.7. The molecule has 0 aliphatic rings. The summed E-state index contributed by atoms with van der Waals surface area (Å²) in [5.74, 6) is 0. The fourth-order valence-corrected chi connectivity index (χ4v) is 2.60. The lowest BCUT2D eigenvalue weighted by Gasteiger charge is -2.12. The van der Waals surface area contributed by atoms with Crippen molar-refractivity contribution in [1.29, 1.82) is 0 Å². The fraction of sp³-hybridized carbons (Fsp3) is 0.125. The summed E-state index contributed by atoms with van der Waals surface area (Å²) in [4.78, 5) is 5.90. The first-order valence-corrected chi connectivity index (χ1v) is 8.78. The Bertz CT molecular complexity index is 865. The fourth-order valence-electron chi connectivity index (χ4n) is 2.60. The average Bonchev–Trinajstić information content (AvgIpc) is 2.70. The van der Waals surface area contributed by atoms with E-state index in [0.29, 0.717) is 0 Å². The number of nitrogens with zero attached hydrogens (tertiary/aromatic N) is 1. The van der Waals surface area contributed by atoms with E-state index in [1.165, 1.54) is 5.56 Å². The average molecular weight is 341 g/mol. The second-order valence-corrected chi connectivity index (χ2v) is 6.25. The SMILES string of the molecule is C/C(=N\O[C@@H](/C=C/c1ccccc1)c1ccccc1)c1ccc(C)cc1. The zero-order chi connectivity index (χ0) is 18.2. The Kier molecular flexibility index (Phi) is 6.00. The summed E-state index contributed by atoms with van der Waals surface area (Å²) in [6, 6.07) is 28.6. The van der Waals surface area contributed by atoms with E-state index >= 15 is 0 Å². The van der Waals surface area contributed by atoms with Gasteiger partial charge in [-0.15, -0.1) is 0 Å². The molecule has 0 radical (unpaired) electrons. The number of oxime groups is 1. The predicted molar refractivity (Wildman–Crippen MR) is 109 cm³/mol. The standard InChI is InChI=1S/C24H23NO/c1-19-13-16-22(17-14-19)20(2)25-26-24(23-11-7-4-8-12-23)18-15-21-9-5-3-6-10-21/h3-18,24H,1-2H3/b18-15+,25-20+/t24-/m0/s1. The van der Waals surface area contributed by atoms with Crippen molar-refractivity contribution in [3.05, 3.63) is 113 Å². The Morgan fingerprint density at radius 2 is 1.46 bits per heavy atom. The van der Waals surface area contributed by atoms with Gasteiger partial charge in [-0.2, -0.15) is 0 Å². The Labute approximate surface area is 155 Å². The Morgan fingerprint density at radius 3 is 2.12 bits per heavy atom. The molecule has 2 nitrogen and oxygen atoms in total. The molecule has 3 aromatic rings. The molecule has 0 fully saturated rings. The summed E-state index contributed by atoms with van der Waals surface area (Å²) >= 11 is 0. The molecule has 26 heavy (non-hydrogen) atoms. The molecule has 2 heteroatoms. The van der Waals surface area contributed by atoms with Crippen molar-refractivity contribution in [2.24, 2.45) is 5.16 Å². The van der Waals surface area contributed by atoms with Crippen LogP contribution in [0.15, 0.2) is 96.2 Å². The summed E-state index contributed by atoms with van der Waals surface area (Å²) in [6.07, 6.45) is 3.86. The molecule has 0 saturated heterocycles. The van der Waals surface area contributed by atoms with Crippen molar-refractivity contribution in [3.8, 4) is 0 Å². The molecule has 3 rings (SSSR count).